The molecule has 4 atom stereocenters. The first-order valence-corrected chi connectivity index (χ1v) is 30.5. The van der Waals surface area contributed by atoms with Crippen molar-refractivity contribution in [3.8, 4) is 54.6 Å². The molecule has 2 aliphatic heterocycles. The summed E-state index contributed by atoms with van der Waals surface area (Å²) in [6.07, 6.45) is 8.06. The van der Waals surface area contributed by atoms with Gasteiger partial charge in [0, 0.05) is 42.5 Å². The maximum Gasteiger partial charge on any atom is 0.239 e. The Labute approximate surface area is 454 Å². The Morgan fingerprint density at radius 1 is 0.539 bits per heavy atom. The maximum absolute atomic E-state index is 14.4. The van der Waals surface area contributed by atoms with E-state index in [-0.39, 0.29) is 52.7 Å². The minimum atomic E-state index is -3.83. The first kappa shape index (κ1) is 52.4. The van der Waals surface area contributed by atoms with E-state index >= 15 is 0 Å². The molecule has 0 fully saturated rings. The number of sulfonamides is 2. The SMILES string of the molecule is CCC1c2ccccc2-c2cc(-c3ccc(C(C)C(=O)C(C)c4ccc(-c5ccc6c(c5)-c5ccccc5C(CC)N6S(=O)(=O)CC=Cc5ccc(O)c(C)c5)s4)s3)ccc2N1S(=O)(=O)CC=Cc1ccc(O)c(C)c1. The van der Waals surface area contributed by atoms with Crippen LogP contribution in [0.2, 0.25) is 0 Å². The highest BCUT2D eigenvalue weighted by Gasteiger charge is 2.39. The number of thiophene rings is 2. The molecule has 2 aromatic heterocycles. The van der Waals surface area contributed by atoms with E-state index in [2.05, 4.69) is 24.3 Å². The molecule has 2 N–H and O–H groups in total. The number of phenols is 2. The molecule has 0 spiro atoms. The van der Waals surface area contributed by atoms with Gasteiger partial charge in [0.05, 0.1) is 35.0 Å². The molecule has 0 saturated carbocycles. The minimum absolute atomic E-state index is 0.0997. The number of benzene rings is 6. The van der Waals surface area contributed by atoms with E-state index in [4.69, 9.17) is 0 Å². The van der Waals surface area contributed by atoms with Crippen molar-refractivity contribution < 1.29 is 31.8 Å². The number of carbonyl (C=O) groups excluding carboxylic acids is 1. The molecule has 13 heteroatoms. The molecule has 388 valence electrons. The van der Waals surface area contributed by atoms with Crippen molar-refractivity contribution >= 4 is 72.0 Å². The summed E-state index contributed by atoms with van der Waals surface area (Å²) in [6.45, 7) is 11.6. The Hall–Kier alpha value is -7.03. The standard InChI is InChI=1S/C63H60N2O7S4/c1-7-53-49-19-11-9-17-47(49)51-37-45(23-25-55(51)64(53)75(69,70)33-13-15-43-21-27-57(66)39(3)35-43)61-31-29-59(73-61)41(5)63(68)42(6)60-30-32-62(74-60)46-24-26-56-52(38-46)48-18-10-12-20-50(48)54(8-2)65(56)76(71,72)34-14-16-44-22-28-58(67)40(4)36-44/h9-32,35-38,41-42,53-54,66-67H,7-8,33-34H2,1-6H3. The minimum Gasteiger partial charge on any atom is -0.508 e. The van der Waals surface area contributed by atoms with E-state index in [1.165, 1.54) is 0 Å². The Kier molecular flexibility index (Phi) is 14.6. The summed E-state index contributed by atoms with van der Waals surface area (Å²) < 4.78 is 60.7. The number of aromatic hydroxyl groups is 2. The molecule has 8 aromatic rings. The van der Waals surface area contributed by atoms with Gasteiger partial charge in [-0.25, -0.2) is 16.8 Å². The van der Waals surface area contributed by atoms with Gasteiger partial charge >= 0.3 is 0 Å². The first-order chi connectivity index (χ1) is 36.5. The van der Waals surface area contributed by atoms with Crippen molar-refractivity contribution in [1.29, 1.82) is 0 Å². The molecular formula is C63H60N2O7S4. The fourth-order valence-corrected chi connectivity index (χ4v) is 16.1. The lowest BCUT2D eigenvalue weighted by atomic mass is 9.87. The summed E-state index contributed by atoms with van der Waals surface area (Å²) in [7, 11) is -7.66. The van der Waals surface area contributed by atoms with Crippen LogP contribution in [0.5, 0.6) is 11.5 Å². The van der Waals surface area contributed by atoms with Crippen LogP contribution >= 0.6 is 22.7 Å². The highest BCUT2D eigenvalue weighted by molar-refractivity contribution is 7.93. The Bertz CT molecular complexity index is 3590. The summed E-state index contributed by atoms with van der Waals surface area (Å²) in [5.41, 5.74) is 11.8. The third-order valence-electron chi connectivity index (χ3n) is 14.8. The van der Waals surface area contributed by atoms with Crippen molar-refractivity contribution in [2.45, 2.75) is 78.3 Å². The number of hydrogen-bond donors (Lipinski definition) is 2. The fraction of sp³-hybridized carbons (Fsp3) is 0.222. The van der Waals surface area contributed by atoms with Gasteiger partial charge in [0.25, 0.3) is 0 Å². The molecule has 0 amide bonds. The normalized spacial score (nSPS) is 16.1. The topological polar surface area (TPSA) is 132 Å². The number of anilines is 2. The van der Waals surface area contributed by atoms with Crippen LogP contribution in [0, 0.1) is 13.8 Å². The second kappa shape index (κ2) is 21.2. The van der Waals surface area contributed by atoms with Gasteiger partial charge in [0.1, 0.15) is 17.3 Å². The molecule has 4 unspecified atom stereocenters. The molecule has 76 heavy (non-hydrogen) atoms. The van der Waals surface area contributed by atoms with E-state index in [1.54, 1.807) is 79.9 Å². The van der Waals surface area contributed by atoms with Crippen LogP contribution < -0.4 is 8.61 Å². The summed E-state index contributed by atoms with van der Waals surface area (Å²) in [5, 5.41) is 20.0. The number of phenolic OH excluding ortho intramolecular Hbond substituents is 2. The van der Waals surface area contributed by atoms with E-state index in [0.717, 1.165) is 75.1 Å². The number of Topliss-reactive ketones (excluding diaryl/α,β-unsaturated/α-hetero) is 1. The molecule has 0 bridgehead atoms. The molecule has 0 radical (unpaired) electrons. The monoisotopic (exact) mass is 1080 g/mol. The largest absolute Gasteiger partial charge is 0.508 e. The summed E-state index contributed by atoms with van der Waals surface area (Å²) >= 11 is 3.15. The molecule has 0 saturated heterocycles. The fourth-order valence-electron chi connectivity index (χ4n) is 10.8. The van der Waals surface area contributed by atoms with Gasteiger partial charge in [0.2, 0.25) is 20.0 Å². The molecule has 9 nitrogen and oxygen atoms in total. The van der Waals surface area contributed by atoms with Gasteiger partial charge in [-0.2, -0.15) is 0 Å². The van der Waals surface area contributed by atoms with Gasteiger partial charge in [-0.15, -0.1) is 22.7 Å². The first-order valence-electron chi connectivity index (χ1n) is 25.6. The second-order valence-electron chi connectivity index (χ2n) is 19.8. The number of hydrogen-bond acceptors (Lipinski definition) is 9. The van der Waals surface area contributed by atoms with E-state index < -0.39 is 20.0 Å². The van der Waals surface area contributed by atoms with Crippen LogP contribution in [0.4, 0.5) is 11.4 Å². The van der Waals surface area contributed by atoms with Crippen LogP contribution in [0.3, 0.4) is 0 Å². The van der Waals surface area contributed by atoms with Gasteiger partial charge in [-0.1, -0.05) is 125 Å². The number of fused-ring (bicyclic) bond motifs is 6. The zero-order valence-electron chi connectivity index (χ0n) is 43.3. The van der Waals surface area contributed by atoms with Gasteiger partial charge in [-0.3, -0.25) is 13.4 Å². The quantitative estimate of drug-likeness (QED) is 0.0985. The van der Waals surface area contributed by atoms with Crippen molar-refractivity contribution in [2.24, 2.45) is 0 Å². The number of aryl methyl sites for hydroxylation is 2. The van der Waals surface area contributed by atoms with Gasteiger partial charge in [-0.05, 0) is 155 Å². The Morgan fingerprint density at radius 2 is 0.947 bits per heavy atom. The van der Waals surface area contributed by atoms with E-state index in [0.29, 0.717) is 35.3 Å². The molecule has 2 aliphatic rings. The summed E-state index contributed by atoms with van der Waals surface area (Å²) in [4.78, 5) is 18.2. The summed E-state index contributed by atoms with van der Waals surface area (Å²) in [6, 6.07) is 45.8. The van der Waals surface area contributed by atoms with Crippen molar-refractivity contribution in [2.75, 3.05) is 20.1 Å². The zero-order chi connectivity index (χ0) is 53.6. The molecule has 4 heterocycles. The van der Waals surface area contributed by atoms with Crippen LogP contribution in [0.1, 0.15) is 108 Å². The highest BCUT2D eigenvalue weighted by atomic mass is 32.2. The van der Waals surface area contributed by atoms with Crippen LogP contribution in [-0.4, -0.2) is 44.3 Å². The van der Waals surface area contributed by atoms with Crippen LogP contribution in [-0.2, 0) is 24.8 Å². The Morgan fingerprint density at radius 3 is 1.34 bits per heavy atom. The smallest absolute Gasteiger partial charge is 0.239 e. The average Bonchev–Trinajstić information content (AvgIpc) is 4.13. The number of rotatable bonds is 16. The predicted molar refractivity (Wildman–Crippen MR) is 315 cm³/mol. The number of carbonyl (C=O) groups is 1. The summed E-state index contributed by atoms with van der Waals surface area (Å²) in [5.74, 6) is -0.683. The van der Waals surface area contributed by atoms with Gasteiger partial charge in [0.15, 0.2) is 0 Å². The van der Waals surface area contributed by atoms with Gasteiger partial charge < -0.3 is 10.2 Å². The van der Waals surface area contributed by atoms with Crippen molar-refractivity contribution in [1.82, 2.24) is 0 Å². The molecule has 6 aromatic carbocycles. The van der Waals surface area contributed by atoms with E-state index in [1.807, 2.05) is 139 Å². The van der Waals surface area contributed by atoms with Crippen LogP contribution in [0.25, 0.3) is 55.3 Å². The lowest BCUT2D eigenvalue weighted by Gasteiger charge is -2.39. The average molecular weight is 1090 g/mol. The zero-order valence-corrected chi connectivity index (χ0v) is 46.5. The third-order valence-corrected chi connectivity index (χ3v) is 20.8. The Balaban J connectivity index is 0.879. The third kappa shape index (κ3) is 9.97. The number of ketones is 1. The maximum atomic E-state index is 14.4. The van der Waals surface area contributed by atoms with Crippen molar-refractivity contribution in [3.05, 3.63) is 201 Å². The molecule has 10 rings (SSSR count). The predicted octanol–water partition coefficient (Wildman–Crippen LogP) is 15.6. The van der Waals surface area contributed by atoms with E-state index in [9.17, 15) is 31.8 Å². The second-order valence-corrected chi connectivity index (χ2v) is 25.8. The lowest BCUT2D eigenvalue weighted by Crippen LogP contribution is -2.38. The lowest BCUT2D eigenvalue weighted by molar-refractivity contribution is -0.121. The molecule has 0 aliphatic carbocycles. The number of nitrogens with zero attached hydrogens (tertiary/aromatic N) is 2. The molecular weight excluding hydrogens is 1020 g/mol. The van der Waals surface area contributed by atoms with Crippen LogP contribution in [0.15, 0.2) is 158 Å². The highest BCUT2D eigenvalue weighted by Crippen LogP contribution is 2.51. The van der Waals surface area contributed by atoms with Crippen molar-refractivity contribution in [3.63, 3.8) is 0 Å².